The molecule has 0 aliphatic rings. The second-order valence-corrected chi connectivity index (χ2v) is 5.85. The summed E-state index contributed by atoms with van der Waals surface area (Å²) in [6.07, 6.45) is -0.783. The molecule has 1 N–H and O–H groups in total. The number of nitrogens with one attached hydrogen (secondary N) is 1. The van der Waals surface area contributed by atoms with E-state index in [1.807, 2.05) is 13.0 Å². The number of ether oxygens (including phenoxy) is 1. The largest absolute Gasteiger partial charge is 0.481 e. The standard InChI is InChI=1S/C20H16N2O4/c1-12-8-19(23)26-18-10-16(6-7-17(12)18)25-13(2)20(24)22-15-5-3-4-14(9-15)11-21/h3-10,13H,1-2H3,(H,22,24)/t13-/m0/s1. The van der Waals surface area contributed by atoms with Gasteiger partial charge in [-0.2, -0.15) is 5.26 Å². The lowest BCUT2D eigenvalue weighted by atomic mass is 10.1. The highest BCUT2D eigenvalue weighted by molar-refractivity contribution is 5.94. The van der Waals surface area contributed by atoms with Crippen molar-refractivity contribution in [2.75, 3.05) is 5.32 Å². The Morgan fingerprint density at radius 2 is 2.04 bits per heavy atom. The number of hydrogen-bond donors (Lipinski definition) is 1. The molecule has 0 saturated heterocycles. The number of aryl methyl sites for hydroxylation is 1. The molecule has 1 heterocycles. The van der Waals surface area contributed by atoms with E-state index < -0.39 is 11.7 Å². The van der Waals surface area contributed by atoms with Gasteiger partial charge in [-0.15, -0.1) is 0 Å². The summed E-state index contributed by atoms with van der Waals surface area (Å²) < 4.78 is 10.8. The Kier molecular flexibility index (Phi) is 4.72. The smallest absolute Gasteiger partial charge is 0.336 e. The molecule has 0 spiro atoms. The van der Waals surface area contributed by atoms with Crippen LogP contribution in [0.2, 0.25) is 0 Å². The Labute approximate surface area is 149 Å². The Bertz CT molecular complexity index is 1080. The summed E-state index contributed by atoms with van der Waals surface area (Å²) in [7, 11) is 0. The maximum atomic E-state index is 12.3. The molecule has 0 saturated carbocycles. The highest BCUT2D eigenvalue weighted by atomic mass is 16.5. The van der Waals surface area contributed by atoms with Crippen molar-refractivity contribution in [1.29, 1.82) is 5.26 Å². The third kappa shape index (κ3) is 3.73. The molecule has 0 radical (unpaired) electrons. The molecular formula is C20H16N2O4. The van der Waals surface area contributed by atoms with Gasteiger partial charge < -0.3 is 14.5 Å². The fraction of sp³-hybridized carbons (Fsp3) is 0.150. The first kappa shape index (κ1) is 17.2. The van der Waals surface area contributed by atoms with E-state index in [1.165, 1.54) is 6.07 Å². The zero-order valence-electron chi connectivity index (χ0n) is 14.3. The van der Waals surface area contributed by atoms with Crippen LogP contribution >= 0.6 is 0 Å². The van der Waals surface area contributed by atoms with E-state index in [1.54, 1.807) is 49.4 Å². The molecule has 0 aliphatic heterocycles. The van der Waals surface area contributed by atoms with Gasteiger partial charge in [0.1, 0.15) is 11.3 Å². The van der Waals surface area contributed by atoms with Gasteiger partial charge in [-0.05, 0) is 49.7 Å². The number of carbonyl (C=O) groups is 1. The van der Waals surface area contributed by atoms with Crippen molar-refractivity contribution in [1.82, 2.24) is 0 Å². The van der Waals surface area contributed by atoms with E-state index >= 15 is 0 Å². The minimum absolute atomic E-state index is 0.356. The van der Waals surface area contributed by atoms with Gasteiger partial charge in [0.15, 0.2) is 6.10 Å². The molecule has 26 heavy (non-hydrogen) atoms. The average molecular weight is 348 g/mol. The highest BCUT2D eigenvalue weighted by Gasteiger charge is 2.16. The lowest BCUT2D eigenvalue weighted by molar-refractivity contribution is -0.122. The topological polar surface area (TPSA) is 92.3 Å². The van der Waals surface area contributed by atoms with Gasteiger partial charge >= 0.3 is 5.63 Å². The molecule has 3 rings (SSSR count). The molecule has 0 unspecified atom stereocenters. The van der Waals surface area contributed by atoms with Gasteiger partial charge in [0.25, 0.3) is 5.91 Å². The lowest BCUT2D eigenvalue weighted by Crippen LogP contribution is -2.30. The molecule has 2 aromatic carbocycles. The fourth-order valence-electron chi connectivity index (χ4n) is 2.55. The van der Waals surface area contributed by atoms with Crippen LogP contribution in [0, 0.1) is 18.3 Å². The number of fused-ring (bicyclic) bond motifs is 1. The van der Waals surface area contributed by atoms with Crippen molar-refractivity contribution >= 4 is 22.6 Å². The number of nitriles is 1. The Morgan fingerprint density at radius 1 is 1.23 bits per heavy atom. The van der Waals surface area contributed by atoms with Crippen LogP contribution in [0.25, 0.3) is 11.0 Å². The highest BCUT2D eigenvalue weighted by Crippen LogP contribution is 2.23. The van der Waals surface area contributed by atoms with Crippen molar-refractivity contribution < 1.29 is 13.9 Å². The molecule has 1 amide bonds. The summed E-state index contributed by atoms with van der Waals surface area (Å²) in [5, 5.41) is 12.4. The zero-order chi connectivity index (χ0) is 18.7. The summed E-state index contributed by atoms with van der Waals surface area (Å²) in [6.45, 7) is 3.44. The number of nitrogens with zero attached hydrogens (tertiary/aromatic N) is 1. The maximum absolute atomic E-state index is 12.3. The van der Waals surface area contributed by atoms with E-state index in [-0.39, 0.29) is 5.91 Å². The monoisotopic (exact) mass is 348 g/mol. The van der Waals surface area contributed by atoms with Gasteiger partial charge in [0.05, 0.1) is 11.6 Å². The van der Waals surface area contributed by atoms with Crippen molar-refractivity contribution in [2.24, 2.45) is 0 Å². The van der Waals surface area contributed by atoms with E-state index in [9.17, 15) is 9.59 Å². The third-order valence-electron chi connectivity index (χ3n) is 3.86. The fourth-order valence-corrected chi connectivity index (χ4v) is 2.55. The molecule has 6 heteroatoms. The maximum Gasteiger partial charge on any atom is 0.336 e. The molecule has 1 atom stereocenters. The van der Waals surface area contributed by atoms with Crippen LogP contribution in [-0.4, -0.2) is 12.0 Å². The van der Waals surface area contributed by atoms with Crippen molar-refractivity contribution in [2.45, 2.75) is 20.0 Å². The number of amides is 1. The van der Waals surface area contributed by atoms with Gasteiger partial charge in [0.2, 0.25) is 0 Å². The van der Waals surface area contributed by atoms with Gasteiger partial charge in [-0.1, -0.05) is 6.07 Å². The van der Waals surface area contributed by atoms with Crippen LogP contribution in [0.15, 0.2) is 57.7 Å². The number of carbonyl (C=O) groups excluding carboxylic acids is 1. The number of rotatable bonds is 4. The zero-order valence-corrected chi connectivity index (χ0v) is 14.3. The Balaban J connectivity index is 1.75. The SMILES string of the molecule is Cc1cc(=O)oc2cc(O[C@@H](C)C(=O)Nc3cccc(C#N)c3)ccc12. The quantitative estimate of drug-likeness (QED) is 0.730. The van der Waals surface area contributed by atoms with Crippen LogP contribution in [0.3, 0.4) is 0 Å². The van der Waals surface area contributed by atoms with Gasteiger partial charge in [-0.3, -0.25) is 4.79 Å². The minimum Gasteiger partial charge on any atom is -0.481 e. The van der Waals surface area contributed by atoms with Crippen LogP contribution in [0.1, 0.15) is 18.1 Å². The van der Waals surface area contributed by atoms with Crippen LogP contribution < -0.4 is 15.7 Å². The molecule has 3 aromatic rings. The predicted molar refractivity (Wildman–Crippen MR) is 97.1 cm³/mol. The first-order valence-corrected chi connectivity index (χ1v) is 7.98. The summed E-state index contributed by atoms with van der Waals surface area (Å²) in [5.41, 5.74) is 1.75. The average Bonchev–Trinajstić information content (AvgIpc) is 2.61. The van der Waals surface area contributed by atoms with E-state index in [0.29, 0.717) is 22.6 Å². The van der Waals surface area contributed by atoms with Crippen LogP contribution in [0.4, 0.5) is 5.69 Å². The first-order valence-electron chi connectivity index (χ1n) is 7.98. The lowest BCUT2D eigenvalue weighted by Gasteiger charge is -2.15. The van der Waals surface area contributed by atoms with Crippen molar-refractivity contribution in [3.63, 3.8) is 0 Å². The number of benzene rings is 2. The molecular weight excluding hydrogens is 332 g/mol. The second-order valence-electron chi connectivity index (χ2n) is 5.85. The molecule has 1 aromatic heterocycles. The van der Waals surface area contributed by atoms with E-state index in [2.05, 4.69) is 5.32 Å². The first-order chi connectivity index (χ1) is 12.5. The predicted octanol–water partition coefficient (Wildman–Crippen LogP) is 3.38. The summed E-state index contributed by atoms with van der Waals surface area (Å²) in [5.74, 6) is 0.0607. The minimum atomic E-state index is -0.783. The van der Waals surface area contributed by atoms with Gasteiger partial charge in [0, 0.05) is 23.2 Å². The summed E-state index contributed by atoms with van der Waals surface area (Å²) in [6, 6.07) is 15.1. The van der Waals surface area contributed by atoms with Crippen LogP contribution in [0.5, 0.6) is 5.75 Å². The van der Waals surface area contributed by atoms with Crippen molar-refractivity contribution in [3.8, 4) is 11.8 Å². The second kappa shape index (κ2) is 7.11. The summed E-state index contributed by atoms with van der Waals surface area (Å²) in [4.78, 5) is 23.8. The summed E-state index contributed by atoms with van der Waals surface area (Å²) >= 11 is 0. The molecule has 0 fully saturated rings. The Morgan fingerprint density at radius 3 is 2.81 bits per heavy atom. The molecule has 0 bridgehead atoms. The number of hydrogen-bond acceptors (Lipinski definition) is 5. The van der Waals surface area contributed by atoms with Crippen molar-refractivity contribution in [3.05, 3.63) is 70.1 Å². The normalized spacial score (nSPS) is 11.6. The van der Waals surface area contributed by atoms with E-state index in [4.69, 9.17) is 14.4 Å². The van der Waals surface area contributed by atoms with E-state index in [0.717, 1.165) is 10.9 Å². The number of anilines is 1. The molecule has 6 nitrogen and oxygen atoms in total. The molecule has 0 aliphatic carbocycles. The Hall–Kier alpha value is -3.59. The van der Waals surface area contributed by atoms with Crippen LogP contribution in [-0.2, 0) is 4.79 Å². The van der Waals surface area contributed by atoms with Gasteiger partial charge in [-0.25, -0.2) is 4.79 Å². The third-order valence-corrected chi connectivity index (χ3v) is 3.86. The molecule has 130 valence electrons.